The lowest BCUT2D eigenvalue weighted by Crippen LogP contribution is -2.52. The van der Waals surface area contributed by atoms with Crippen molar-refractivity contribution in [3.8, 4) is 0 Å². The van der Waals surface area contributed by atoms with Gasteiger partial charge >= 0.3 is 0 Å². The third kappa shape index (κ3) is 3.53. The van der Waals surface area contributed by atoms with E-state index >= 15 is 0 Å². The third-order valence-electron chi connectivity index (χ3n) is 3.89. The molecular formula is C15H21FN2O. The van der Waals surface area contributed by atoms with Gasteiger partial charge in [-0.15, -0.1) is 0 Å². The first-order valence-corrected chi connectivity index (χ1v) is 6.76. The minimum Gasteiger partial charge on any atom is -0.350 e. The summed E-state index contributed by atoms with van der Waals surface area (Å²) in [6.45, 7) is 5.97. The van der Waals surface area contributed by atoms with Gasteiger partial charge in [0.15, 0.2) is 0 Å². The van der Waals surface area contributed by atoms with Crippen molar-refractivity contribution >= 4 is 5.91 Å². The standard InChI is InChI=1S/C15H21FN2O/c1-15(2)7-4-8-17-13(15)10-18-14(19)11-5-3-6-12(16)9-11/h3,5-6,9,13,17H,4,7-8,10H2,1-2H3,(H,18,19). The van der Waals surface area contributed by atoms with Crippen molar-refractivity contribution in [2.45, 2.75) is 32.7 Å². The van der Waals surface area contributed by atoms with Gasteiger partial charge in [-0.3, -0.25) is 4.79 Å². The maximum absolute atomic E-state index is 13.1. The molecule has 1 saturated heterocycles. The fraction of sp³-hybridized carbons (Fsp3) is 0.533. The molecule has 0 radical (unpaired) electrons. The van der Waals surface area contributed by atoms with Gasteiger partial charge in [0.2, 0.25) is 0 Å². The first-order valence-electron chi connectivity index (χ1n) is 6.76. The molecule has 1 fully saturated rings. The minimum atomic E-state index is -0.385. The van der Waals surface area contributed by atoms with Crippen LogP contribution in [0.3, 0.4) is 0 Å². The summed E-state index contributed by atoms with van der Waals surface area (Å²) in [7, 11) is 0. The zero-order chi connectivity index (χ0) is 13.9. The smallest absolute Gasteiger partial charge is 0.251 e. The number of benzene rings is 1. The number of amides is 1. The summed E-state index contributed by atoms with van der Waals surface area (Å²) in [4.78, 5) is 11.9. The lowest BCUT2D eigenvalue weighted by atomic mass is 9.77. The largest absolute Gasteiger partial charge is 0.350 e. The fourth-order valence-electron chi connectivity index (χ4n) is 2.55. The van der Waals surface area contributed by atoms with E-state index in [4.69, 9.17) is 0 Å². The molecule has 4 heteroatoms. The number of carbonyl (C=O) groups excluding carboxylic acids is 1. The fourth-order valence-corrected chi connectivity index (χ4v) is 2.55. The lowest BCUT2D eigenvalue weighted by molar-refractivity contribution is 0.0928. The van der Waals surface area contributed by atoms with Crippen LogP contribution in [-0.4, -0.2) is 25.0 Å². The van der Waals surface area contributed by atoms with Gasteiger partial charge in [0.1, 0.15) is 5.82 Å². The number of rotatable bonds is 3. The summed E-state index contributed by atoms with van der Waals surface area (Å²) >= 11 is 0. The molecular weight excluding hydrogens is 243 g/mol. The first kappa shape index (κ1) is 14.0. The molecule has 1 heterocycles. The van der Waals surface area contributed by atoms with Gasteiger partial charge in [-0.25, -0.2) is 4.39 Å². The normalized spacial score (nSPS) is 21.9. The van der Waals surface area contributed by atoms with E-state index in [1.54, 1.807) is 12.1 Å². The summed E-state index contributed by atoms with van der Waals surface area (Å²) in [5.41, 5.74) is 0.543. The van der Waals surface area contributed by atoms with Crippen LogP contribution < -0.4 is 10.6 Å². The topological polar surface area (TPSA) is 41.1 Å². The van der Waals surface area contributed by atoms with Crippen molar-refractivity contribution in [3.05, 3.63) is 35.6 Å². The molecule has 0 aromatic heterocycles. The number of hydrogen-bond acceptors (Lipinski definition) is 2. The van der Waals surface area contributed by atoms with Crippen LogP contribution in [0.5, 0.6) is 0 Å². The average Bonchev–Trinajstić information content (AvgIpc) is 2.36. The van der Waals surface area contributed by atoms with Crippen LogP contribution in [0.2, 0.25) is 0 Å². The zero-order valence-corrected chi connectivity index (χ0v) is 11.5. The van der Waals surface area contributed by atoms with Crippen LogP contribution in [0.15, 0.2) is 24.3 Å². The van der Waals surface area contributed by atoms with E-state index < -0.39 is 0 Å². The van der Waals surface area contributed by atoms with Gasteiger partial charge in [0.05, 0.1) is 0 Å². The molecule has 3 nitrogen and oxygen atoms in total. The second-order valence-corrected chi connectivity index (χ2v) is 5.82. The van der Waals surface area contributed by atoms with E-state index in [1.807, 2.05) is 0 Å². The lowest BCUT2D eigenvalue weighted by Gasteiger charge is -2.39. The molecule has 0 aliphatic carbocycles. The van der Waals surface area contributed by atoms with E-state index in [1.165, 1.54) is 18.6 Å². The van der Waals surface area contributed by atoms with Gasteiger partial charge in [0.25, 0.3) is 5.91 Å². The Labute approximate surface area is 113 Å². The number of piperidine rings is 1. The van der Waals surface area contributed by atoms with Crippen molar-refractivity contribution in [3.63, 3.8) is 0 Å². The van der Waals surface area contributed by atoms with Crippen LogP contribution in [0.4, 0.5) is 4.39 Å². The summed E-state index contributed by atoms with van der Waals surface area (Å²) in [6.07, 6.45) is 2.32. The van der Waals surface area contributed by atoms with E-state index in [0.717, 1.165) is 13.0 Å². The third-order valence-corrected chi connectivity index (χ3v) is 3.89. The Bertz CT molecular complexity index is 459. The molecule has 1 aromatic rings. The molecule has 0 spiro atoms. The second kappa shape index (κ2) is 5.70. The highest BCUT2D eigenvalue weighted by atomic mass is 19.1. The Morgan fingerprint density at radius 3 is 3.00 bits per heavy atom. The van der Waals surface area contributed by atoms with Gasteiger partial charge in [-0.05, 0) is 43.0 Å². The van der Waals surface area contributed by atoms with Crippen LogP contribution >= 0.6 is 0 Å². The minimum absolute atomic E-state index is 0.174. The summed E-state index contributed by atoms with van der Waals surface area (Å²) in [5, 5.41) is 6.32. The van der Waals surface area contributed by atoms with Crippen LogP contribution in [-0.2, 0) is 0 Å². The molecule has 0 bridgehead atoms. The molecule has 104 valence electrons. The monoisotopic (exact) mass is 264 g/mol. The number of halogens is 1. The molecule has 1 aromatic carbocycles. The summed E-state index contributed by atoms with van der Waals surface area (Å²) < 4.78 is 13.1. The molecule has 1 atom stereocenters. The van der Waals surface area contributed by atoms with E-state index in [9.17, 15) is 9.18 Å². The van der Waals surface area contributed by atoms with Crippen molar-refractivity contribution in [1.29, 1.82) is 0 Å². The highest BCUT2D eigenvalue weighted by Gasteiger charge is 2.31. The molecule has 1 unspecified atom stereocenters. The second-order valence-electron chi connectivity index (χ2n) is 5.82. The van der Waals surface area contributed by atoms with Crippen molar-refractivity contribution in [2.24, 2.45) is 5.41 Å². The summed E-state index contributed by atoms with van der Waals surface area (Å²) in [6, 6.07) is 6.03. The first-order chi connectivity index (χ1) is 8.99. The van der Waals surface area contributed by atoms with Crippen molar-refractivity contribution in [1.82, 2.24) is 10.6 Å². The van der Waals surface area contributed by atoms with Gasteiger partial charge in [-0.2, -0.15) is 0 Å². The maximum atomic E-state index is 13.1. The van der Waals surface area contributed by atoms with Crippen molar-refractivity contribution < 1.29 is 9.18 Å². The Morgan fingerprint density at radius 1 is 1.53 bits per heavy atom. The molecule has 0 saturated carbocycles. The SMILES string of the molecule is CC1(C)CCCNC1CNC(=O)c1cccc(F)c1. The van der Waals surface area contributed by atoms with E-state index in [0.29, 0.717) is 12.1 Å². The van der Waals surface area contributed by atoms with Crippen molar-refractivity contribution in [2.75, 3.05) is 13.1 Å². The number of carbonyl (C=O) groups is 1. The Morgan fingerprint density at radius 2 is 2.32 bits per heavy atom. The molecule has 1 aliphatic rings. The van der Waals surface area contributed by atoms with Gasteiger partial charge in [0, 0.05) is 18.2 Å². The maximum Gasteiger partial charge on any atom is 0.251 e. The van der Waals surface area contributed by atoms with Crippen LogP contribution in [0, 0.1) is 11.2 Å². The summed E-state index contributed by atoms with van der Waals surface area (Å²) in [5.74, 6) is -0.605. The Kier molecular flexibility index (Phi) is 4.20. The van der Waals surface area contributed by atoms with Gasteiger partial charge < -0.3 is 10.6 Å². The van der Waals surface area contributed by atoms with Gasteiger partial charge in [-0.1, -0.05) is 19.9 Å². The molecule has 1 amide bonds. The Hall–Kier alpha value is -1.42. The van der Waals surface area contributed by atoms with Crippen LogP contribution in [0.25, 0.3) is 0 Å². The quantitative estimate of drug-likeness (QED) is 0.879. The number of nitrogens with one attached hydrogen (secondary N) is 2. The highest BCUT2D eigenvalue weighted by molar-refractivity contribution is 5.94. The molecule has 1 aliphatic heterocycles. The van der Waals surface area contributed by atoms with E-state index in [-0.39, 0.29) is 23.2 Å². The predicted molar refractivity (Wildman–Crippen MR) is 73.5 cm³/mol. The van der Waals surface area contributed by atoms with E-state index in [2.05, 4.69) is 24.5 Å². The molecule has 2 rings (SSSR count). The van der Waals surface area contributed by atoms with Crippen LogP contribution in [0.1, 0.15) is 37.0 Å². The number of hydrogen-bond donors (Lipinski definition) is 2. The Balaban J connectivity index is 1.93. The molecule has 2 N–H and O–H groups in total. The highest BCUT2D eigenvalue weighted by Crippen LogP contribution is 2.29. The zero-order valence-electron chi connectivity index (χ0n) is 11.5. The average molecular weight is 264 g/mol. The predicted octanol–water partition coefficient (Wildman–Crippen LogP) is 2.33. The molecule has 19 heavy (non-hydrogen) atoms.